The molecule has 106 valence electrons. The van der Waals surface area contributed by atoms with Crippen LogP contribution in [0.1, 0.15) is 12.5 Å². The van der Waals surface area contributed by atoms with E-state index in [1.54, 1.807) is 6.20 Å². The molecule has 0 heterocycles. The molecule has 0 radical (unpaired) electrons. The minimum atomic E-state index is -0.179. The Hall–Kier alpha value is -1.72. The van der Waals surface area contributed by atoms with Gasteiger partial charge in [0.05, 0.1) is 18.8 Å². The summed E-state index contributed by atoms with van der Waals surface area (Å²) in [6.45, 7) is 3.37. The topological polar surface area (TPSA) is 78.8 Å². The molecular weight excluding hydrogens is 240 g/mol. The summed E-state index contributed by atoms with van der Waals surface area (Å²) in [5.74, 6) is 5.76. The first kappa shape index (κ1) is 15.3. The van der Waals surface area contributed by atoms with E-state index in [1.807, 2.05) is 7.05 Å². The predicted molar refractivity (Wildman–Crippen MR) is 79.3 cm³/mol. The van der Waals surface area contributed by atoms with E-state index in [4.69, 9.17) is 16.7 Å². The Morgan fingerprint density at radius 2 is 1.89 bits per heavy atom. The van der Waals surface area contributed by atoms with Crippen molar-refractivity contribution >= 4 is 5.69 Å². The summed E-state index contributed by atoms with van der Waals surface area (Å²) in [4.78, 5) is 2.13. The molecule has 0 saturated carbocycles. The molecule has 0 aliphatic heterocycles. The van der Waals surface area contributed by atoms with Gasteiger partial charge >= 0.3 is 0 Å². The van der Waals surface area contributed by atoms with Gasteiger partial charge in [-0.1, -0.05) is 19.1 Å². The van der Waals surface area contributed by atoms with Gasteiger partial charge in [-0.05, 0) is 24.1 Å². The first-order chi connectivity index (χ1) is 9.06. The molecule has 5 nitrogen and oxygen atoms in total. The van der Waals surface area contributed by atoms with Crippen molar-refractivity contribution in [1.29, 1.82) is 0 Å². The van der Waals surface area contributed by atoms with E-state index in [-0.39, 0.29) is 6.61 Å². The summed E-state index contributed by atoms with van der Waals surface area (Å²) >= 11 is 0. The molecule has 0 spiro atoms. The SMILES string of the molecule is CCc1ccc(N(C)CCN(N)/C=C(\N)CO)cc1. The lowest BCUT2D eigenvalue weighted by atomic mass is 10.1. The van der Waals surface area contributed by atoms with Gasteiger partial charge in [-0.25, -0.2) is 5.84 Å². The van der Waals surface area contributed by atoms with Crippen LogP contribution in [0.25, 0.3) is 0 Å². The van der Waals surface area contributed by atoms with Crippen molar-refractivity contribution in [2.45, 2.75) is 13.3 Å². The standard InChI is InChI=1S/C14H24N4O/c1-3-12-4-6-14(7-5-12)17(2)8-9-18(16)10-13(15)11-19/h4-7,10,19H,3,8-9,11,15-16H2,1-2H3/b13-10-. The fourth-order valence-electron chi connectivity index (χ4n) is 1.70. The second kappa shape index (κ2) is 7.66. The number of hydrazine groups is 1. The summed E-state index contributed by atoms with van der Waals surface area (Å²) in [6, 6.07) is 8.49. The molecule has 0 amide bonds. The number of benzene rings is 1. The maximum absolute atomic E-state index is 8.80. The van der Waals surface area contributed by atoms with Crippen molar-refractivity contribution in [2.24, 2.45) is 11.6 Å². The summed E-state index contributed by atoms with van der Waals surface area (Å²) in [7, 11) is 2.02. The third-order valence-electron chi connectivity index (χ3n) is 2.99. The predicted octanol–water partition coefficient (Wildman–Crippen LogP) is 0.653. The summed E-state index contributed by atoms with van der Waals surface area (Å²) < 4.78 is 0. The molecule has 0 unspecified atom stereocenters. The van der Waals surface area contributed by atoms with E-state index < -0.39 is 0 Å². The van der Waals surface area contributed by atoms with E-state index in [0.717, 1.165) is 18.7 Å². The number of anilines is 1. The van der Waals surface area contributed by atoms with E-state index in [2.05, 4.69) is 36.1 Å². The quantitative estimate of drug-likeness (QED) is 0.498. The molecule has 5 heteroatoms. The second-order valence-electron chi connectivity index (χ2n) is 4.54. The summed E-state index contributed by atoms with van der Waals surface area (Å²) in [5.41, 5.74) is 8.34. The molecule has 1 rings (SSSR count). The number of rotatable bonds is 7. The highest BCUT2D eigenvalue weighted by Gasteiger charge is 2.02. The fourth-order valence-corrected chi connectivity index (χ4v) is 1.70. The largest absolute Gasteiger partial charge is 0.399 e. The van der Waals surface area contributed by atoms with Crippen LogP contribution in [-0.2, 0) is 6.42 Å². The Bertz CT molecular complexity index is 402. The fraction of sp³-hybridized carbons (Fsp3) is 0.429. The molecule has 19 heavy (non-hydrogen) atoms. The van der Waals surface area contributed by atoms with Gasteiger partial charge < -0.3 is 20.7 Å². The lowest BCUT2D eigenvalue weighted by Gasteiger charge is -2.23. The monoisotopic (exact) mass is 264 g/mol. The lowest BCUT2D eigenvalue weighted by molar-refractivity contribution is 0.320. The van der Waals surface area contributed by atoms with Gasteiger partial charge in [-0.15, -0.1) is 0 Å². The average Bonchev–Trinajstić information content (AvgIpc) is 2.44. The van der Waals surface area contributed by atoms with Crippen LogP contribution in [0, 0.1) is 0 Å². The highest BCUT2D eigenvalue weighted by atomic mass is 16.3. The highest BCUT2D eigenvalue weighted by Crippen LogP contribution is 2.13. The van der Waals surface area contributed by atoms with E-state index >= 15 is 0 Å². The van der Waals surface area contributed by atoms with Gasteiger partial charge in [0.2, 0.25) is 0 Å². The van der Waals surface area contributed by atoms with Crippen molar-refractivity contribution in [3.05, 3.63) is 41.7 Å². The van der Waals surface area contributed by atoms with Crippen LogP contribution < -0.4 is 16.5 Å². The van der Waals surface area contributed by atoms with E-state index in [1.165, 1.54) is 10.6 Å². The van der Waals surface area contributed by atoms with Crippen LogP contribution in [0.5, 0.6) is 0 Å². The molecule has 0 aliphatic rings. The van der Waals surface area contributed by atoms with Gasteiger partial charge in [0.15, 0.2) is 0 Å². The van der Waals surface area contributed by atoms with Gasteiger partial charge in [-0.2, -0.15) is 0 Å². The number of aryl methyl sites for hydroxylation is 1. The van der Waals surface area contributed by atoms with Crippen LogP contribution in [0.3, 0.4) is 0 Å². The maximum atomic E-state index is 8.80. The van der Waals surface area contributed by atoms with Crippen LogP contribution >= 0.6 is 0 Å². The molecule has 0 atom stereocenters. The van der Waals surface area contributed by atoms with Gasteiger partial charge in [0, 0.05) is 25.5 Å². The normalized spacial score (nSPS) is 11.5. The maximum Gasteiger partial charge on any atom is 0.0840 e. The first-order valence-electron chi connectivity index (χ1n) is 6.45. The number of likely N-dealkylation sites (N-methyl/N-ethyl adjacent to an activating group) is 1. The Balaban J connectivity index is 2.48. The molecule has 0 aliphatic carbocycles. The number of hydrogen-bond donors (Lipinski definition) is 3. The van der Waals surface area contributed by atoms with E-state index in [0.29, 0.717) is 12.2 Å². The van der Waals surface area contributed by atoms with Crippen molar-refractivity contribution < 1.29 is 5.11 Å². The number of aliphatic hydroxyl groups is 1. The molecule has 1 aromatic carbocycles. The molecule has 5 N–H and O–H groups in total. The summed E-state index contributed by atoms with van der Waals surface area (Å²) in [5, 5.41) is 10.3. The molecule has 0 aromatic heterocycles. The second-order valence-corrected chi connectivity index (χ2v) is 4.54. The molecule has 0 saturated heterocycles. The van der Waals surface area contributed by atoms with Crippen LogP contribution in [0.4, 0.5) is 5.69 Å². The third kappa shape index (κ3) is 5.19. The van der Waals surface area contributed by atoms with E-state index in [9.17, 15) is 0 Å². The Kier molecular flexibility index (Phi) is 6.18. The Morgan fingerprint density at radius 3 is 2.42 bits per heavy atom. The number of aliphatic hydroxyl groups excluding tert-OH is 1. The van der Waals surface area contributed by atoms with Crippen LogP contribution in [0.2, 0.25) is 0 Å². The zero-order chi connectivity index (χ0) is 14.3. The van der Waals surface area contributed by atoms with Crippen molar-refractivity contribution in [1.82, 2.24) is 5.01 Å². The zero-order valence-corrected chi connectivity index (χ0v) is 11.7. The first-order valence-corrected chi connectivity index (χ1v) is 6.45. The van der Waals surface area contributed by atoms with Crippen molar-refractivity contribution in [3.8, 4) is 0 Å². The molecule has 0 bridgehead atoms. The van der Waals surface area contributed by atoms with Gasteiger partial charge in [-0.3, -0.25) is 0 Å². The highest BCUT2D eigenvalue weighted by molar-refractivity contribution is 5.46. The Labute approximate surface area is 115 Å². The minimum Gasteiger partial charge on any atom is -0.399 e. The molecule has 0 fully saturated rings. The van der Waals surface area contributed by atoms with Crippen molar-refractivity contribution in [2.75, 3.05) is 31.6 Å². The third-order valence-corrected chi connectivity index (χ3v) is 2.99. The average molecular weight is 264 g/mol. The molecular formula is C14H24N4O. The van der Waals surface area contributed by atoms with Crippen LogP contribution in [0.15, 0.2) is 36.2 Å². The smallest absolute Gasteiger partial charge is 0.0840 e. The Morgan fingerprint density at radius 1 is 1.26 bits per heavy atom. The lowest BCUT2D eigenvalue weighted by Crippen LogP contribution is -2.35. The molecule has 1 aromatic rings. The summed E-state index contributed by atoms with van der Waals surface area (Å²) in [6.07, 6.45) is 2.60. The van der Waals surface area contributed by atoms with Crippen LogP contribution in [-0.4, -0.2) is 36.9 Å². The number of nitrogens with zero attached hydrogens (tertiary/aromatic N) is 2. The minimum absolute atomic E-state index is 0.179. The zero-order valence-electron chi connectivity index (χ0n) is 11.7. The van der Waals surface area contributed by atoms with Gasteiger partial charge in [0.25, 0.3) is 0 Å². The van der Waals surface area contributed by atoms with Crippen molar-refractivity contribution in [3.63, 3.8) is 0 Å². The number of nitrogens with two attached hydrogens (primary N) is 2. The van der Waals surface area contributed by atoms with Gasteiger partial charge in [0.1, 0.15) is 0 Å². The number of hydrogen-bond acceptors (Lipinski definition) is 5.